The van der Waals surface area contributed by atoms with Crippen molar-refractivity contribution in [2.75, 3.05) is 5.32 Å². The first-order chi connectivity index (χ1) is 18.2. The summed E-state index contributed by atoms with van der Waals surface area (Å²) < 4.78 is 36.1. The van der Waals surface area contributed by atoms with Crippen molar-refractivity contribution in [3.63, 3.8) is 0 Å². The number of thiophene rings is 1. The summed E-state index contributed by atoms with van der Waals surface area (Å²) in [4.78, 5) is 29.7. The molecule has 0 aliphatic rings. The smallest absolute Gasteiger partial charge is 0.280 e. The number of amides is 2. The lowest BCUT2D eigenvalue weighted by atomic mass is 10.0. The first-order valence-electron chi connectivity index (χ1n) is 11.3. The number of halogens is 2. The first-order valence-corrected chi connectivity index (χ1v) is 12.1. The molecule has 2 amide bonds. The number of aromatic nitrogens is 5. The summed E-state index contributed by atoms with van der Waals surface area (Å²) in [5.41, 5.74) is 6.84. The van der Waals surface area contributed by atoms with Crippen molar-refractivity contribution < 1.29 is 23.1 Å². The summed E-state index contributed by atoms with van der Waals surface area (Å²) in [5.74, 6) is -0.825. The molecule has 0 saturated carbocycles. The minimum absolute atomic E-state index is 0.0260. The van der Waals surface area contributed by atoms with E-state index < -0.39 is 23.9 Å². The van der Waals surface area contributed by atoms with Gasteiger partial charge in [-0.2, -0.15) is 10.2 Å². The van der Waals surface area contributed by atoms with E-state index in [0.29, 0.717) is 28.0 Å². The van der Waals surface area contributed by atoms with Crippen molar-refractivity contribution in [3.8, 4) is 16.9 Å². The van der Waals surface area contributed by atoms with E-state index in [1.165, 1.54) is 23.0 Å². The van der Waals surface area contributed by atoms with Crippen molar-refractivity contribution in [1.82, 2.24) is 24.5 Å². The van der Waals surface area contributed by atoms with E-state index in [2.05, 4.69) is 20.5 Å². The minimum atomic E-state index is -2.85. The van der Waals surface area contributed by atoms with Crippen LogP contribution in [0.1, 0.15) is 38.0 Å². The molecule has 194 valence electrons. The first kappa shape index (κ1) is 25.0. The van der Waals surface area contributed by atoms with Gasteiger partial charge in [-0.05, 0) is 36.8 Å². The highest BCUT2D eigenvalue weighted by Crippen LogP contribution is 2.43. The molecule has 0 atom stereocenters. The number of fused-ring (bicyclic) bond motifs is 1. The number of pyridine rings is 1. The Labute approximate surface area is 218 Å². The van der Waals surface area contributed by atoms with Crippen LogP contribution in [-0.2, 0) is 13.8 Å². The van der Waals surface area contributed by atoms with E-state index in [4.69, 9.17) is 10.5 Å². The number of benzene rings is 1. The van der Waals surface area contributed by atoms with Gasteiger partial charge in [-0.3, -0.25) is 14.3 Å². The fourth-order valence-electron chi connectivity index (χ4n) is 3.89. The molecule has 0 fully saturated rings. The topological polar surface area (TPSA) is 130 Å². The summed E-state index contributed by atoms with van der Waals surface area (Å²) in [7, 11) is 1.72. The van der Waals surface area contributed by atoms with E-state index in [1.807, 2.05) is 18.2 Å². The Morgan fingerprint density at radius 1 is 1.18 bits per heavy atom. The Morgan fingerprint density at radius 2 is 1.95 bits per heavy atom. The molecule has 4 aromatic heterocycles. The van der Waals surface area contributed by atoms with Crippen LogP contribution in [0.3, 0.4) is 0 Å². The highest BCUT2D eigenvalue weighted by Gasteiger charge is 2.26. The molecule has 3 N–H and O–H groups in total. The number of hydrogen-bond donors (Lipinski definition) is 2. The van der Waals surface area contributed by atoms with Crippen molar-refractivity contribution in [3.05, 3.63) is 76.8 Å². The fraction of sp³-hybridized carbons (Fsp3) is 0.160. The number of alkyl halides is 2. The zero-order chi connectivity index (χ0) is 27.0. The number of rotatable bonds is 8. The predicted molar refractivity (Wildman–Crippen MR) is 137 cm³/mol. The standard InChI is InChI=1S/C25H21F2N7O3S/c1-13-16(11-29-33(13)2)15-10-18(22(26)27)30-25-19(15)20(21(38-25)23(28)35)31-24(36)17-8-9-34(32-17)12-37-14-6-4-3-5-7-14/h3-11,22H,12H2,1-2H3,(H2,28,35)(H,31,36). The minimum Gasteiger partial charge on any atom is -0.471 e. The lowest BCUT2D eigenvalue weighted by Crippen LogP contribution is -2.18. The van der Waals surface area contributed by atoms with Crippen LogP contribution >= 0.6 is 11.3 Å². The quantitative estimate of drug-likeness (QED) is 0.299. The monoisotopic (exact) mass is 537 g/mol. The Balaban J connectivity index is 1.53. The number of primary amides is 1. The molecule has 0 unspecified atom stereocenters. The van der Waals surface area contributed by atoms with Crippen molar-refractivity contribution in [1.29, 1.82) is 0 Å². The number of aryl methyl sites for hydroxylation is 1. The van der Waals surface area contributed by atoms with Crippen LogP contribution in [0.25, 0.3) is 21.3 Å². The number of nitrogens with two attached hydrogens (primary N) is 1. The van der Waals surface area contributed by atoms with E-state index in [9.17, 15) is 18.4 Å². The maximum atomic E-state index is 13.7. The maximum absolute atomic E-state index is 13.7. The van der Waals surface area contributed by atoms with Gasteiger partial charge < -0.3 is 15.8 Å². The van der Waals surface area contributed by atoms with Gasteiger partial charge in [0, 0.05) is 29.9 Å². The highest BCUT2D eigenvalue weighted by atomic mass is 32.1. The highest BCUT2D eigenvalue weighted by molar-refractivity contribution is 7.21. The molecule has 4 heterocycles. The second-order valence-corrected chi connectivity index (χ2v) is 9.29. The van der Waals surface area contributed by atoms with Gasteiger partial charge in [0.2, 0.25) is 0 Å². The predicted octanol–water partition coefficient (Wildman–Crippen LogP) is 4.53. The third-order valence-corrected chi connectivity index (χ3v) is 6.97. The van der Waals surface area contributed by atoms with Gasteiger partial charge in [0.05, 0.1) is 11.9 Å². The number of carbonyl (C=O) groups is 2. The average Bonchev–Trinajstić information content (AvgIpc) is 3.61. The maximum Gasteiger partial charge on any atom is 0.280 e. The van der Waals surface area contributed by atoms with E-state index >= 15 is 0 Å². The van der Waals surface area contributed by atoms with Crippen LogP contribution in [-0.4, -0.2) is 36.4 Å². The van der Waals surface area contributed by atoms with Gasteiger partial charge in [-0.25, -0.2) is 18.4 Å². The molecule has 5 rings (SSSR count). The molecule has 0 radical (unpaired) electrons. The average molecular weight is 538 g/mol. The van der Waals surface area contributed by atoms with Crippen molar-refractivity contribution in [2.24, 2.45) is 12.8 Å². The number of para-hydroxylation sites is 1. The number of anilines is 1. The number of nitrogens with one attached hydrogen (secondary N) is 1. The van der Waals surface area contributed by atoms with Crippen LogP contribution in [0.15, 0.2) is 54.9 Å². The molecule has 10 nitrogen and oxygen atoms in total. The third kappa shape index (κ3) is 4.70. The molecular formula is C25H21F2N7O3S. The van der Waals surface area contributed by atoms with E-state index in [1.54, 1.807) is 37.0 Å². The Bertz CT molecular complexity index is 1660. The number of hydrogen-bond acceptors (Lipinski definition) is 7. The molecule has 0 spiro atoms. The molecule has 0 aliphatic carbocycles. The van der Waals surface area contributed by atoms with Gasteiger partial charge in [0.25, 0.3) is 18.2 Å². The van der Waals surface area contributed by atoms with Crippen LogP contribution < -0.4 is 15.8 Å². The van der Waals surface area contributed by atoms with Gasteiger partial charge in [0.15, 0.2) is 12.4 Å². The lowest BCUT2D eigenvalue weighted by molar-refractivity contribution is 0.100. The Kier molecular flexibility index (Phi) is 6.59. The molecule has 5 aromatic rings. The summed E-state index contributed by atoms with van der Waals surface area (Å²) in [6.07, 6.45) is 0.245. The third-order valence-electron chi connectivity index (χ3n) is 5.87. The molecule has 0 aliphatic heterocycles. The number of carbonyl (C=O) groups excluding carboxylic acids is 2. The second kappa shape index (κ2) is 10.0. The molecule has 13 heteroatoms. The van der Waals surface area contributed by atoms with Gasteiger partial charge in [0.1, 0.15) is 21.2 Å². The van der Waals surface area contributed by atoms with Crippen molar-refractivity contribution in [2.45, 2.75) is 20.1 Å². The van der Waals surface area contributed by atoms with E-state index in [0.717, 1.165) is 11.3 Å². The van der Waals surface area contributed by atoms with Gasteiger partial charge in [-0.1, -0.05) is 18.2 Å². The van der Waals surface area contributed by atoms with Crippen molar-refractivity contribution >= 4 is 39.1 Å². The molecule has 0 saturated heterocycles. The van der Waals surface area contributed by atoms with Gasteiger partial charge in [-0.15, -0.1) is 11.3 Å². The summed E-state index contributed by atoms with van der Waals surface area (Å²) in [5, 5.41) is 11.5. The lowest BCUT2D eigenvalue weighted by Gasteiger charge is -2.10. The molecule has 0 bridgehead atoms. The van der Waals surface area contributed by atoms with Crippen LogP contribution in [0.2, 0.25) is 0 Å². The summed E-state index contributed by atoms with van der Waals surface area (Å²) in [6.45, 7) is 1.84. The normalized spacial score (nSPS) is 11.3. The zero-order valence-electron chi connectivity index (χ0n) is 20.2. The Morgan fingerprint density at radius 3 is 2.61 bits per heavy atom. The SMILES string of the molecule is Cc1c(-c2cc(C(F)F)nc3sc(C(N)=O)c(NC(=O)c4ccn(COc5ccccc5)n4)c23)cnn1C. The fourth-order valence-corrected chi connectivity index (χ4v) is 4.90. The number of nitrogens with zero attached hydrogens (tertiary/aromatic N) is 5. The molecular weight excluding hydrogens is 516 g/mol. The van der Waals surface area contributed by atoms with Crippen LogP contribution in [0.5, 0.6) is 5.75 Å². The van der Waals surface area contributed by atoms with Gasteiger partial charge >= 0.3 is 0 Å². The van der Waals surface area contributed by atoms with Crippen LogP contribution in [0.4, 0.5) is 14.5 Å². The Hall–Kier alpha value is -4.65. The summed E-state index contributed by atoms with van der Waals surface area (Å²) >= 11 is 0.827. The van der Waals surface area contributed by atoms with Crippen LogP contribution in [0, 0.1) is 6.92 Å². The van der Waals surface area contributed by atoms with E-state index in [-0.39, 0.29) is 27.8 Å². The summed E-state index contributed by atoms with van der Waals surface area (Å²) in [6, 6.07) is 11.8. The largest absolute Gasteiger partial charge is 0.471 e. The molecule has 1 aromatic carbocycles. The zero-order valence-corrected chi connectivity index (χ0v) is 21.0. The number of ether oxygens (including phenoxy) is 1. The molecule has 38 heavy (non-hydrogen) atoms. The second-order valence-electron chi connectivity index (χ2n) is 8.29.